The molecule has 4 aliphatic rings. The Labute approximate surface area is 337 Å². The van der Waals surface area contributed by atoms with Gasteiger partial charge in [-0.1, -0.05) is 44.2 Å². The van der Waals surface area contributed by atoms with E-state index in [1.807, 2.05) is 6.92 Å². The lowest BCUT2D eigenvalue weighted by molar-refractivity contribution is -0.222. The molecular weight excluding hydrogens is 810 g/mol. The summed E-state index contributed by atoms with van der Waals surface area (Å²) in [7, 11) is -4.06. The van der Waals surface area contributed by atoms with Crippen molar-refractivity contribution in [3.63, 3.8) is 0 Å². The second-order valence-corrected chi connectivity index (χ2v) is 18.5. The number of sulfonamides is 1. The second kappa shape index (κ2) is 16.4. The Morgan fingerprint density at radius 2 is 1.78 bits per heavy atom. The van der Waals surface area contributed by atoms with Gasteiger partial charge in [0.25, 0.3) is 12.3 Å². The summed E-state index contributed by atoms with van der Waals surface area (Å²) in [4.78, 5) is 61.4. The van der Waals surface area contributed by atoms with Crippen LogP contribution in [0.15, 0.2) is 42.6 Å². The van der Waals surface area contributed by atoms with Crippen LogP contribution in [0.5, 0.6) is 11.6 Å². The average molecular weight is 858 g/mol. The Hall–Kier alpha value is -4.75. The number of rotatable bonds is 10. The topological polar surface area (TPSA) is 185 Å². The zero-order valence-corrected chi connectivity index (χ0v) is 33.7. The van der Waals surface area contributed by atoms with E-state index in [9.17, 15) is 54.7 Å². The third-order valence-corrected chi connectivity index (χ3v) is 13.5. The van der Waals surface area contributed by atoms with Crippen molar-refractivity contribution in [3.8, 4) is 11.6 Å². The van der Waals surface area contributed by atoms with Gasteiger partial charge in [-0.05, 0) is 70.3 Å². The molecule has 3 fully saturated rings. The molecule has 14 nitrogen and oxygen atoms in total. The lowest BCUT2D eigenvalue weighted by Crippen LogP contribution is -2.66. The third-order valence-electron chi connectivity index (χ3n) is 11.7. The van der Waals surface area contributed by atoms with Gasteiger partial charge in [0.15, 0.2) is 0 Å². The molecule has 6 rings (SSSR count). The third kappa shape index (κ3) is 9.06. The maximum Gasteiger partial charge on any atom is 0.411 e. The number of carbonyl (C=O) groups is 4. The van der Waals surface area contributed by atoms with Crippen molar-refractivity contribution in [3.05, 3.63) is 42.6 Å². The van der Waals surface area contributed by atoms with Crippen molar-refractivity contribution in [1.82, 2.24) is 24.8 Å². The highest BCUT2D eigenvalue weighted by Gasteiger charge is 2.63. The monoisotopic (exact) mass is 857 g/mol. The van der Waals surface area contributed by atoms with Gasteiger partial charge in [-0.25, -0.2) is 27.0 Å². The van der Waals surface area contributed by atoms with Crippen LogP contribution in [0.25, 0.3) is 10.8 Å². The molecule has 4 amide bonds. The van der Waals surface area contributed by atoms with E-state index in [0.29, 0.717) is 50.3 Å². The summed E-state index contributed by atoms with van der Waals surface area (Å²) in [5.41, 5.74) is -4.83. The fraction of sp³-hybridized carbons (Fsp3) is 0.615. The van der Waals surface area contributed by atoms with E-state index in [1.54, 1.807) is 36.4 Å². The number of fused-ring (bicyclic) bond motifs is 3. The molecular formula is C39H48F5N5O9S. The minimum absolute atomic E-state index is 0.0134. The molecule has 0 bridgehead atoms. The van der Waals surface area contributed by atoms with Crippen LogP contribution >= 0.6 is 0 Å². The van der Waals surface area contributed by atoms with E-state index in [4.69, 9.17) is 9.47 Å². The van der Waals surface area contributed by atoms with Crippen LogP contribution in [0, 0.1) is 17.8 Å². The molecule has 0 unspecified atom stereocenters. The average Bonchev–Trinajstić information content (AvgIpc) is 4.07. The van der Waals surface area contributed by atoms with Crippen molar-refractivity contribution >= 4 is 44.6 Å². The minimum Gasteiger partial charge on any atom is -0.485 e. The first-order valence-electron chi connectivity index (χ1n) is 19.5. The number of nitrogens with zero attached hydrogens (tertiary/aromatic N) is 3. The lowest BCUT2D eigenvalue weighted by Gasteiger charge is -2.45. The number of hydrogen-bond donors (Lipinski definition) is 3. The van der Waals surface area contributed by atoms with Crippen LogP contribution in [-0.2, 0) is 24.4 Å². The van der Waals surface area contributed by atoms with Gasteiger partial charge in [0, 0.05) is 23.1 Å². The summed E-state index contributed by atoms with van der Waals surface area (Å²) in [6.45, 7) is 3.24. The molecule has 3 N–H and O–H groups in total. The molecule has 0 spiro atoms. The van der Waals surface area contributed by atoms with Gasteiger partial charge in [0.05, 0.1) is 18.0 Å². The quantitative estimate of drug-likeness (QED) is 0.206. The van der Waals surface area contributed by atoms with Crippen LogP contribution in [0.1, 0.15) is 72.6 Å². The van der Waals surface area contributed by atoms with Crippen molar-refractivity contribution in [2.24, 2.45) is 17.8 Å². The summed E-state index contributed by atoms with van der Waals surface area (Å²) in [5.74, 6) is -4.93. The first-order valence-corrected chi connectivity index (χ1v) is 21.0. The Morgan fingerprint density at radius 3 is 2.41 bits per heavy atom. The standard InChI is InChI=1S/C39H48F5N5O9S/c1-21-9-5-6-10-23-17-38(23,35(52)47-59(55,56)25-13-14-25)46-32(50)28-16-24(58-33-27-12-8-7-11-26(27)29(18-45-33)57-20-30(40)41)19-48(28)34(51)31(22(2)15-21)49(36(53)54)37(3,4)39(42,43)44/h6-8,10-12,18,21-25,28,30-31H,5,9,13-17,19-20H2,1-4H3,(H,46,50)(H,47,52)(H,53,54)/t21-,22+,23+,24+,28-,31-,38+/m0/s1. The molecule has 20 heteroatoms. The van der Waals surface area contributed by atoms with E-state index < -0.39 is 106 Å². The van der Waals surface area contributed by atoms with E-state index in [0.717, 1.165) is 11.1 Å². The highest BCUT2D eigenvalue weighted by Crippen LogP contribution is 2.47. The van der Waals surface area contributed by atoms with Gasteiger partial charge in [0.2, 0.25) is 27.7 Å². The number of nitrogens with one attached hydrogen (secondary N) is 2. The number of alkyl halides is 5. The van der Waals surface area contributed by atoms with Crippen LogP contribution in [0.3, 0.4) is 0 Å². The molecule has 2 aromatic rings. The van der Waals surface area contributed by atoms with Crippen molar-refractivity contribution in [1.29, 1.82) is 0 Å². The zero-order valence-electron chi connectivity index (χ0n) is 32.9. The Morgan fingerprint density at radius 1 is 1.10 bits per heavy atom. The predicted octanol–water partition coefficient (Wildman–Crippen LogP) is 5.41. The van der Waals surface area contributed by atoms with Gasteiger partial charge in [0.1, 0.15) is 41.6 Å². The Bertz CT molecular complexity index is 2100. The number of carbonyl (C=O) groups excluding carboxylic acids is 3. The number of pyridine rings is 1. The number of halogens is 5. The fourth-order valence-corrected chi connectivity index (χ4v) is 9.51. The Kier molecular flexibility index (Phi) is 12.2. The van der Waals surface area contributed by atoms with Crippen molar-refractivity contribution in [2.75, 3.05) is 13.2 Å². The summed E-state index contributed by atoms with van der Waals surface area (Å²) in [6.07, 6.45) is -4.95. The number of benzene rings is 1. The summed E-state index contributed by atoms with van der Waals surface area (Å²) in [6, 6.07) is 2.88. The molecule has 1 aromatic heterocycles. The normalized spacial score (nSPS) is 28.2. The zero-order chi connectivity index (χ0) is 43.2. The predicted molar refractivity (Wildman–Crippen MR) is 202 cm³/mol. The molecule has 7 atom stereocenters. The van der Waals surface area contributed by atoms with Gasteiger partial charge >= 0.3 is 12.3 Å². The van der Waals surface area contributed by atoms with Gasteiger partial charge in [-0.3, -0.25) is 24.0 Å². The van der Waals surface area contributed by atoms with Crippen LogP contribution in [0.4, 0.5) is 26.7 Å². The molecule has 59 heavy (non-hydrogen) atoms. The van der Waals surface area contributed by atoms with Crippen molar-refractivity contribution in [2.45, 2.75) is 120 Å². The van der Waals surface area contributed by atoms with E-state index >= 15 is 0 Å². The summed E-state index contributed by atoms with van der Waals surface area (Å²) >= 11 is 0. The van der Waals surface area contributed by atoms with E-state index in [1.165, 1.54) is 6.92 Å². The molecule has 0 radical (unpaired) electrons. The maximum atomic E-state index is 15.0. The maximum absolute atomic E-state index is 15.0. The molecule has 2 aliphatic carbocycles. The fourth-order valence-electron chi connectivity index (χ4n) is 8.15. The first-order chi connectivity index (χ1) is 27.6. The Balaban J connectivity index is 1.41. The van der Waals surface area contributed by atoms with Crippen LogP contribution < -0.4 is 19.5 Å². The molecule has 2 saturated carbocycles. The van der Waals surface area contributed by atoms with E-state index in [2.05, 4.69) is 15.0 Å². The molecule has 3 heterocycles. The van der Waals surface area contributed by atoms with E-state index in [-0.39, 0.29) is 41.7 Å². The van der Waals surface area contributed by atoms with Crippen LogP contribution in [-0.4, -0.2) is 112 Å². The van der Waals surface area contributed by atoms with Gasteiger partial charge in [-0.2, -0.15) is 13.2 Å². The highest BCUT2D eigenvalue weighted by atomic mass is 32.2. The number of amides is 4. The minimum atomic E-state index is -5.13. The molecule has 324 valence electrons. The largest absolute Gasteiger partial charge is 0.485 e. The first kappa shape index (κ1) is 43.8. The number of ether oxygens (including phenoxy) is 2. The van der Waals surface area contributed by atoms with Gasteiger partial charge in [-0.15, -0.1) is 0 Å². The molecule has 2 aliphatic heterocycles. The number of carboxylic acid groups (broad SMARTS) is 1. The molecule has 1 aromatic carbocycles. The summed E-state index contributed by atoms with van der Waals surface area (Å²) < 4.78 is 109. The van der Waals surface area contributed by atoms with Gasteiger partial charge < -0.3 is 24.8 Å². The van der Waals surface area contributed by atoms with Crippen LogP contribution in [0.2, 0.25) is 0 Å². The number of allylic oxidation sites excluding steroid dienone is 1. The van der Waals surface area contributed by atoms with Crippen molar-refractivity contribution < 1.29 is 64.1 Å². The number of hydrogen-bond acceptors (Lipinski definition) is 9. The summed E-state index contributed by atoms with van der Waals surface area (Å²) in [5, 5.41) is 13.0. The second-order valence-electron chi connectivity index (χ2n) is 16.6. The molecule has 1 saturated heterocycles. The smallest absolute Gasteiger partial charge is 0.411 e. The number of aromatic nitrogens is 1. The lowest BCUT2D eigenvalue weighted by atomic mass is 9.85. The SMILES string of the molecule is C[C@H]1CCC=C[C@@H]2C[C@@]2(C(=O)NS(=O)(=O)C2CC2)NC(=O)[C@@H]2C[C@@H](Oc3ncc(OCC(F)F)c4ccccc34)CN2C(=O)[C@@H](N(C(=O)O)C(C)(C)C(F)(F)F)[C@H](C)C1. The highest BCUT2D eigenvalue weighted by molar-refractivity contribution is 7.91.